The second kappa shape index (κ2) is 6.33. The molecule has 106 valence electrons. The highest BCUT2D eigenvalue weighted by molar-refractivity contribution is 5.45. The molecular formula is C15H24FN3. The Morgan fingerprint density at radius 3 is 2.79 bits per heavy atom. The van der Waals surface area contributed by atoms with E-state index in [1.807, 2.05) is 0 Å². The Morgan fingerprint density at radius 1 is 1.47 bits per heavy atom. The van der Waals surface area contributed by atoms with E-state index < -0.39 is 0 Å². The molecule has 19 heavy (non-hydrogen) atoms. The smallest absolute Gasteiger partial charge is 0.170 e. The van der Waals surface area contributed by atoms with Crippen LogP contribution in [-0.2, 0) is 6.54 Å². The van der Waals surface area contributed by atoms with Gasteiger partial charge in [-0.15, -0.1) is 0 Å². The topological polar surface area (TPSA) is 28.2 Å². The van der Waals surface area contributed by atoms with Crippen LogP contribution in [0.25, 0.3) is 0 Å². The highest BCUT2D eigenvalue weighted by Crippen LogP contribution is 2.32. The van der Waals surface area contributed by atoms with Gasteiger partial charge in [0.15, 0.2) is 11.6 Å². The molecule has 0 atom stereocenters. The maximum atomic E-state index is 14.5. The second-order valence-corrected chi connectivity index (χ2v) is 5.57. The number of nitrogens with zero attached hydrogens (tertiary/aromatic N) is 2. The Kier molecular flexibility index (Phi) is 4.75. The summed E-state index contributed by atoms with van der Waals surface area (Å²) in [6.07, 6.45) is 5.07. The molecule has 1 heterocycles. The van der Waals surface area contributed by atoms with E-state index in [9.17, 15) is 4.39 Å². The maximum Gasteiger partial charge on any atom is 0.170 e. The van der Waals surface area contributed by atoms with Crippen molar-refractivity contribution in [3.8, 4) is 0 Å². The summed E-state index contributed by atoms with van der Waals surface area (Å²) in [7, 11) is 0. The third-order valence-electron chi connectivity index (χ3n) is 3.38. The molecule has 1 fully saturated rings. The van der Waals surface area contributed by atoms with Crippen LogP contribution >= 0.6 is 0 Å². The fourth-order valence-corrected chi connectivity index (χ4v) is 2.21. The van der Waals surface area contributed by atoms with Gasteiger partial charge in [-0.05, 0) is 25.3 Å². The molecule has 0 amide bonds. The van der Waals surface area contributed by atoms with Gasteiger partial charge in [0, 0.05) is 36.9 Å². The first-order valence-corrected chi connectivity index (χ1v) is 7.26. The lowest BCUT2D eigenvalue weighted by Gasteiger charge is -2.24. The normalized spacial score (nSPS) is 15.0. The van der Waals surface area contributed by atoms with Gasteiger partial charge < -0.3 is 10.2 Å². The molecule has 1 aliphatic carbocycles. The van der Waals surface area contributed by atoms with E-state index in [4.69, 9.17) is 0 Å². The summed E-state index contributed by atoms with van der Waals surface area (Å²) in [6, 6.07) is 2.62. The average Bonchev–Trinajstić information content (AvgIpc) is 3.19. The lowest BCUT2D eigenvalue weighted by Crippen LogP contribution is -2.29. The van der Waals surface area contributed by atoms with Crippen molar-refractivity contribution in [1.82, 2.24) is 10.3 Å². The van der Waals surface area contributed by atoms with Gasteiger partial charge in [0.2, 0.25) is 0 Å². The van der Waals surface area contributed by atoms with Gasteiger partial charge in [-0.1, -0.05) is 20.8 Å². The predicted molar refractivity (Wildman–Crippen MR) is 76.8 cm³/mol. The zero-order valence-electron chi connectivity index (χ0n) is 12.1. The molecule has 0 aromatic carbocycles. The molecule has 0 radical (unpaired) electrons. The van der Waals surface area contributed by atoms with Crippen molar-refractivity contribution in [3.05, 3.63) is 23.6 Å². The van der Waals surface area contributed by atoms with E-state index in [0.29, 0.717) is 30.0 Å². The van der Waals surface area contributed by atoms with Gasteiger partial charge in [-0.2, -0.15) is 0 Å². The van der Waals surface area contributed by atoms with Crippen LogP contribution in [0.5, 0.6) is 0 Å². The van der Waals surface area contributed by atoms with Crippen molar-refractivity contribution in [3.63, 3.8) is 0 Å². The summed E-state index contributed by atoms with van der Waals surface area (Å²) in [4.78, 5) is 6.40. The van der Waals surface area contributed by atoms with Crippen LogP contribution in [0, 0.1) is 5.82 Å². The third kappa shape index (κ3) is 3.66. The Bertz CT molecular complexity index is 416. The Balaban J connectivity index is 2.17. The summed E-state index contributed by atoms with van der Waals surface area (Å²) in [5.74, 6) is 0.378. The SMILES string of the molecule is CCCN(c1nccc(CNC(C)C)c1F)C1CC1. The first kappa shape index (κ1) is 14.3. The first-order valence-electron chi connectivity index (χ1n) is 7.26. The minimum absolute atomic E-state index is 0.156. The second-order valence-electron chi connectivity index (χ2n) is 5.57. The molecule has 0 aliphatic heterocycles. The quantitative estimate of drug-likeness (QED) is 0.821. The molecule has 0 saturated heterocycles. The maximum absolute atomic E-state index is 14.5. The number of aromatic nitrogens is 1. The van der Waals surface area contributed by atoms with Crippen molar-refractivity contribution < 1.29 is 4.39 Å². The van der Waals surface area contributed by atoms with E-state index in [-0.39, 0.29) is 5.82 Å². The zero-order valence-corrected chi connectivity index (χ0v) is 12.1. The lowest BCUT2D eigenvalue weighted by atomic mass is 10.2. The van der Waals surface area contributed by atoms with E-state index in [0.717, 1.165) is 25.8 Å². The van der Waals surface area contributed by atoms with Gasteiger partial charge >= 0.3 is 0 Å². The molecule has 1 saturated carbocycles. The van der Waals surface area contributed by atoms with Gasteiger partial charge in [0.1, 0.15) is 0 Å². The minimum atomic E-state index is -0.156. The molecule has 2 rings (SSSR count). The molecule has 1 N–H and O–H groups in total. The van der Waals surface area contributed by atoms with Crippen molar-refractivity contribution in [2.45, 2.75) is 58.7 Å². The number of rotatable bonds is 7. The average molecular weight is 265 g/mol. The summed E-state index contributed by atoms with van der Waals surface area (Å²) in [5, 5.41) is 3.26. The first-order chi connectivity index (χ1) is 9.13. The van der Waals surface area contributed by atoms with Crippen LogP contribution in [0.1, 0.15) is 45.6 Å². The number of hydrogen-bond donors (Lipinski definition) is 1. The van der Waals surface area contributed by atoms with E-state index >= 15 is 0 Å². The lowest BCUT2D eigenvalue weighted by molar-refractivity contribution is 0.545. The molecule has 1 aliphatic rings. The molecule has 4 heteroatoms. The fraction of sp³-hybridized carbons (Fsp3) is 0.667. The minimum Gasteiger partial charge on any atom is -0.351 e. The van der Waals surface area contributed by atoms with Crippen molar-refractivity contribution in [2.24, 2.45) is 0 Å². The highest BCUT2D eigenvalue weighted by atomic mass is 19.1. The van der Waals surface area contributed by atoms with Crippen LogP contribution in [0.2, 0.25) is 0 Å². The van der Waals surface area contributed by atoms with Gasteiger partial charge in [-0.3, -0.25) is 0 Å². The van der Waals surface area contributed by atoms with Gasteiger partial charge in [0.05, 0.1) is 0 Å². The monoisotopic (exact) mass is 265 g/mol. The summed E-state index contributed by atoms with van der Waals surface area (Å²) in [5.41, 5.74) is 0.709. The largest absolute Gasteiger partial charge is 0.351 e. The molecule has 1 aromatic heterocycles. The molecule has 1 aromatic rings. The third-order valence-corrected chi connectivity index (χ3v) is 3.38. The predicted octanol–water partition coefficient (Wildman–Crippen LogP) is 3.10. The van der Waals surface area contributed by atoms with E-state index in [2.05, 4.69) is 36.0 Å². The van der Waals surface area contributed by atoms with E-state index in [1.54, 1.807) is 12.3 Å². The van der Waals surface area contributed by atoms with Crippen LogP contribution in [0.3, 0.4) is 0 Å². The molecular weight excluding hydrogens is 241 g/mol. The van der Waals surface area contributed by atoms with Crippen molar-refractivity contribution in [2.75, 3.05) is 11.4 Å². The Hall–Kier alpha value is -1.16. The van der Waals surface area contributed by atoms with Crippen LogP contribution in [0.15, 0.2) is 12.3 Å². The molecule has 0 unspecified atom stereocenters. The van der Waals surface area contributed by atoms with Crippen LogP contribution in [-0.4, -0.2) is 23.6 Å². The van der Waals surface area contributed by atoms with Crippen molar-refractivity contribution >= 4 is 5.82 Å². The summed E-state index contributed by atoms with van der Waals surface area (Å²) in [6.45, 7) is 7.69. The zero-order chi connectivity index (χ0) is 13.8. The summed E-state index contributed by atoms with van der Waals surface area (Å²) >= 11 is 0. The number of hydrogen-bond acceptors (Lipinski definition) is 3. The van der Waals surface area contributed by atoms with Gasteiger partial charge in [-0.25, -0.2) is 9.37 Å². The Morgan fingerprint density at radius 2 is 2.21 bits per heavy atom. The van der Waals surface area contributed by atoms with Crippen LogP contribution in [0.4, 0.5) is 10.2 Å². The summed E-state index contributed by atoms with van der Waals surface area (Å²) < 4.78 is 14.5. The number of halogens is 1. The number of anilines is 1. The van der Waals surface area contributed by atoms with Crippen LogP contribution < -0.4 is 10.2 Å². The fourth-order valence-electron chi connectivity index (χ4n) is 2.21. The Labute approximate surface area is 115 Å². The molecule has 3 nitrogen and oxygen atoms in total. The standard InChI is InChI=1S/C15H24FN3/c1-4-9-19(13-5-6-13)15-14(16)12(7-8-17-15)10-18-11(2)3/h7-8,11,13,18H,4-6,9-10H2,1-3H3. The van der Waals surface area contributed by atoms with Crippen molar-refractivity contribution in [1.29, 1.82) is 0 Å². The van der Waals surface area contributed by atoms with Gasteiger partial charge in [0.25, 0.3) is 0 Å². The number of pyridine rings is 1. The van der Waals surface area contributed by atoms with E-state index in [1.165, 1.54) is 0 Å². The highest BCUT2D eigenvalue weighted by Gasteiger charge is 2.31. The molecule has 0 bridgehead atoms. The molecule has 0 spiro atoms. The number of nitrogens with one attached hydrogen (secondary N) is 1.